The molecule has 1 fully saturated rings. The highest BCUT2D eigenvalue weighted by atomic mass is 32.2. The number of nitrogens with one attached hydrogen (secondary N) is 1. The lowest BCUT2D eigenvalue weighted by Gasteiger charge is -2.31. The molecule has 0 saturated carbocycles. The number of ether oxygens (including phenoxy) is 1. The lowest BCUT2D eigenvalue weighted by atomic mass is 10.1. The minimum Gasteiger partial charge on any atom is -0.375 e. The summed E-state index contributed by atoms with van der Waals surface area (Å²) in [7, 11) is -3.32. The van der Waals surface area contributed by atoms with Gasteiger partial charge in [-0.15, -0.1) is 0 Å². The standard InChI is InChI=1S/C16H24N2O4S/c1-3-4-11-23(20,21)17-15-7-5-14(6-8-15)16(19)18-9-10-22-13(2)12-18/h5-8,13,17H,3-4,9-12H2,1-2H3. The van der Waals surface area contributed by atoms with Crippen molar-refractivity contribution in [2.24, 2.45) is 0 Å². The Morgan fingerprint density at radius 2 is 2.04 bits per heavy atom. The zero-order chi connectivity index (χ0) is 16.9. The van der Waals surface area contributed by atoms with Crippen LogP contribution in [0, 0.1) is 0 Å². The number of carbonyl (C=O) groups excluding carboxylic acids is 1. The second kappa shape index (κ2) is 7.79. The van der Waals surface area contributed by atoms with E-state index in [1.807, 2.05) is 13.8 Å². The number of morpholine rings is 1. The van der Waals surface area contributed by atoms with Crippen molar-refractivity contribution in [1.29, 1.82) is 0 Å². The maximum absolute atomic E-state index is 12.4. The van der Waals surface area contributed by atoms with Gasteiger partial charge in [-0.25, -0.2) is 8.42 Å². The monoisotopic (exact) mass is 340 g/mol. The summed E-state index contributed by atoms with van der Waals surface area (Å²) >= 11 is 0. The van der Waals surface area contributed by atoms with E-state index >= 15 is 0 Å². The molecule has 1 amide bonds. The molecule has 128 valence electrons. The molecule has 1 aliphatic heterocycles. The number of benzene rings is 1. The van der Waals surface area contributed by atoms with Crippen LogP contribution in [0.3, 0.4) is 0 Å². The number of nitrogens with zero attached hydrogens (tertiary/aromatic N) is 1. The third kappa shape index (κ3) is 5.21. The van der Waals surface area contributed by atoms with E-state index in [-0.39, 0.29) is 17.8 Å². The Kier molecular flexibility index (Phi) is 6.01. The fourth-order valence-corrected chi connectivity index (χ4v) is 3.70. The zero-order valence-electron chi connectivity index (χ0n) is 13.6. The number of rotatable bonds is 6. The summed E-state index contributed by atoms with van der Waals surface area (Å²) in [6.45, 7) is 5.58. The molecule has 0 bridgehead atoms. The molecule has 0 spiro atoms. The lowest BCUT2D eigenvalue weighted by Crippen LogP contribution is -2.44. The van der Waals surface area contributed by atoms with E-state index in [0.717, 1.165) is 6.42 Å². The van der Waals surface area contributed by atoms with Gasteiger partial charge in [-0.05, 0) is 37.6 Å². The van der Waals surface area contributed by atoms with Crippen LogP contribution >= 0.6 is 0 Å². The molecule has 1 aliphatic rings. The highest BCUT2D eigenvalue weighted by Gasteiger charge is 2.22. The van der Waals surface area contributed by atoms with Crippen LogP contribution in [-0.2, 0) is 14.8 Å². The number of carbonyl (C=O) groups is 1. The van der Waals surface area contributed by atoms with E-state index in [2.05, 4.69) is 4.72 Å². The summed E-state index contributed by atoms with van der Waals surface area (Å²) in [4.78, 5) is 14.2. The molecule has 23 heavy (non-hydrogen) atoms. The summed E-state index contributed by atoms with van der Waals surface area (Å²) in [5.74, 6) is 0.0519. The average molecular weight is 340 g/mol. The first-order valence-corrected chi connectivity index (χ1v) is 9.58. The van der Waals surface area contributed by atoms with Crippen LogP contribution in [0.5, 0.6) is 0 Å². The zero-order valence-corrected chi connectivity index (χ0v) is 14.4. The Hall–Kier alpha value is -1.60. The molecule has 0 aliphatic carbocycles. The van der Waals surface area contributed by atoms with Gasteiger partial charge in [0.15, 0.2) is 0 Å². The Labute approximate surface area is 137 Å². The Bertz CT molecular complexity index is 628. The molecule has 0 aromatic heterocycles. The van der Waals surface area contributed by atoms with Crippen molar-refractivity contribution in [2.75, 3.05) is 30.2 Å². The molecule has 1 aromatic rings. The second-order valence-corrected chi connectivity index (χ2v) is 7.63. The number of amides is 1. The van der Waals surface area contributed by atoms with Crippen LogP contribution in [0.4, 0.5) is 5.69 Å². The molecule has 1 saturated heterocycles. The molecule has 2 rings (SSSR count). The second-order valence-electron chi connectivity index (χ2n) is 5.78. The van der Waals surface area contributed by atoms with Crippen molar-refractivity contribution in [1.82, 2.24) is 4.90 Å². The molecule has 1 atom stereocenters. The molecule has 1 heterocycles. The smallest absolute Gasteiger partial charge is 0.254 e. The van der Waals surface area contributed by atoms with Crippen molar-refractivity contribution < 1.29 is 17.9 Å². The van der Waals surface area contributed by atoms with Gasteiger partial charge in [-0.2, -0.15) is 0 Å². The highest BCUT2D eigenvalue weighted by Crippen LogP contribution is 2.15. The van der Waals surface area contributed by atoms with E-state index in [9.17, 15) is 13.2 Å². The van der Waals surface area contributed by atoms with Crippen LogP contribution in [0.15, 0.2) is 24.3 Å². The lowest BCUT2D eigenvalue weighted by molar-refractivity contribution is -0.0124. The fraction of sp³-hybridized carbons (Fsp3) is 0.562. The van der Waals surface area contributed by atoms with Crippen LogP contribution in [0.25, 0.3) is 0 Å². The van der Waals surface area contributed by atoms with Crippen molar-refractivity contribution in [3.8, 4) is 0 Å². The van der Waals surface area contributed by atoms with Gasteiger partial charge in [-0.3, -0.25) is 9.52 Å². The van der Waals surface area contributed by atoms with Gasteiger partial charge >= 0.3 is 0 Å². The third-order valence-corrected chi connectivity index (χ3v) is 5.07. The highest BCUT2D eigenvalue weighted by molar-refractivity contribution is 7.92. The molecule has 6 nitrogen and oxygen atoms in total. The number of sulfonamides is 1. The Morgan fingerprint density at radius 1 is 1.35 bits per heavy atom. The first kappa shape index (κ1) is 17.7. The van der Waals surface area contributed by atoms with Crippen molar-refractivity contribution >= 4 is 21.6 Å². The van der Waals surface area contributed by atoms with Crippen molar-refractivity contribution in [2.45, 2.75) is 32.8 Å². The molecular formula is C16H24N2O4S. The van der Waals surface area contributed by atoms with Crippen LogP contribution in [-0.4, -0.2) is 50.8 Å². The summed E-state index contributed by atoms with van der Waals surface area (Å²) in [5, 5.41) is 0. The topological polar surface area (TPSA) is 75.7 Å². The first-order valence-electron chi connectivity index (χ1n) is 7.92. The summed E-state index contributed by atoms with van der Waals surface area (Å²) in [6, 6.07) is 6.56. The Balaban J connectivity index is 2.00. The molecular weight excluding hydrogens is 316 g/mol. The Morgan fingerprint density at radius 3 is 2.65 bits per heavy atom. The third-order valence-electron chi connectivity index (χ3n) is 3.70. The van der Waals surface area contributed by atoms with Crippen LogP contribution in [0.2, 0.25) is 0 Å². The summed E-state index contributed by atoms with van der Waals surface area (Å²) in [6.07, 6.45) is 1.49. The quantitative estimate of drug-likeness (QED) is 0.860. The van der Waals surface area contributed by atoms with Crippen LogP contribution < -0.4 is 4.72 Å². The van der Waals surface area contributed by atoms with E-state index in [4.69, 9.17) is 4.74 Å². The fourth-order valence-electron chi connectivity index (χ4n) is 2.43. The normalized spacial score (nSPS) is 18.7. The maximum atomic E-state index is 12.4. The number of hydrogen-bond acceptors (Lipinski definition) is 4. The summed E-state index contributed by atoms with van der Waals surface area (Å²) < 4.78 is 31.7. The molecule has 1 N–H and O–H groups in total. The molecule has 1 aromatic carbocycles. The van der Waals surface area contributed by atoms with E-state index < -0.39 is 10.0 Å². The van der Waals surface area contributed by atoms with Gasteiger partial charge < -0.3 is 9.64 Å². The van der Waals surface area contributed by atoms with Gasteiger partial charge in [0.05, 0.1) is 18.5 Å². The summed E-state index contributed by atoms with van der Waals surface area (Å²) in [5.41, 5.74) is 1.03. The van der Waals surface area contributed by atoms with Gasteiger partial charge in [-0.1, -0.05) is 13.3 Å². The van der Waals surface area contributed by atoms with E-state index in [1.165, 1.54) is 0 Å². The predicted octanol–water partition coefficient (Wildman–Crippen LogP) is 2.09. The average Bonchev–Trinajstić information content (AvgIpc) is 2.53. The van der Waals surface area contributed by atoms with Gasteiger partial charge in [0, 0.05) is 24.3 Å². The van der Waals surface area contributed by atoms with Crippen molar-refractivity contribution in [3.05, 3.63) is 29.8 Å². The molecule has 7 heteroatoms. The molecule has 1 unspecified atom stereocenters. The maximum Gasteiger partial charge on any atom is 0.254 e. The number of unbranched alkanes of at least 4 members (excludes halogenated alkanes) is 1. The number of anilines is 1. The number of hydrogen-bond donors (Lipinski definition) is 1. The predicted molar refractivity (Wildman–Crippen MR) is 90.1 cm³/mol. The van der Waals surface area contributed by atoms with Crippen molar-refractivity contribution in [3.63, 3.8) is 0 Å². The van der Waals surface area contributed by atoms with Gasteiger partial charge in [0.25, 0.3) is 5.91 Å². The van der Waals surface area contributed by atoms with Gasteiger partial charge in [0.2, 0.25) is 10.0 Å². The first-order chi connectivity index (χ1) is 10.9. The van der Waals surface area contributed by atoms with Crippen LogP contribution in [0.1, 0.15) is 37.0 Å². The molecule has 0 radical (unpaired) electrons. The van der Waals surface area contributed by atoms with E-state index in [1.54, 1.807) is 29.2 Å². The minimum atomic E-state index is -3.32. The minimum absolute atomic E-state index is 0.0392. The largest absolute Gasteiger partial charge is 0.375 e. The SMILES string of the molecule is CCCCS(=O)(=O)Nc1ccc(C(=O)N2CCOC(C)C2)cc1. The van der Waals surface area contributed by atoms with Gasteiger partial charge in [0.1, 0.15) is 0 Å². The van der Waals surface area contributed by atoms with E-state index in [0.29, 0.717) is 37.4 Å².